The maximum absolute atomic E-state index is 11.9. The van der Waals surface area contributed by atoms with Gasteiger partial charge in [0.1, 0.15) is 11.4 Å². The predicted octanol–water partition coefficient (Wildman–Crippen LogP) is 2.24. The number of likely N-dealkylation sites (tertiary alicyclic amines) is 1. The van der Waals surface area contributed by atoms with Crippen LogP contribution in [0.2, 0.25) is 0 Å². The SMILES string of the molecule is COCCC(=O)C1CCN(C(=O)OC(C)(C)C)CC1. The third kappa shape index (κ3) is 5.59. The fraction of sp³-hybridized carbons (Fsp3) is 0.857. The Morgan fingerprint density at radius 3 is 2.26 bits per heavy atom. The molecule has 0 aromatic rings. The van der Waals surface area contributed by atoms with E-state index in [2.05, 4.69) is 0 Å². The number of methoxy groups -OCH3 is 1. The van der Waals surface area contributed by atoms with Crippen molar-refractivity contribution in [1.29, 1.82) is 0 Å². The first-order chi connectivity index (χ1) is 8.83. The Labute approximate surface area is 115 Å². The predicted molar refractivity (Wildman–Crippen MR) is 72.0 cm³/mol. The highest BCUT2D eigenvalue weighted by atomic mass is 16.6. The molecule has 1 saturated heterocycles. The Hall–Kier alpha value is -1.10. The summed E-state index contributed by atoms with van der Waals surface area (Å²) in [5.74, 6) is 0.305. The number of hydrogen-bond acceptors (Lipinski definition) is 4. The second kappa shape index (κ2) is 6.89. The van der Waals surface area contributed by atoms with Gasteiger partial charge in [-0.2, -0.15) is 0 Å². The normalized spacial score (nSPS) is 17.4. The number of piperidine rings is 1. The van der Waals surface area contributed by atoms with Crippen molar-refractivity contribution in [1.82, 2.24) is 4.90 Å². The number of ether oxygens (including phenoxy) is 2. The number of rotatable bonds is 4. The lowest BCUT2D eigenvalue weighted by Crippen LogP contribution is -2.43. The van der Waals surface area contributed by atoms with Gasteiger partial charge in [-0.1, -0.05) is 0 Å². The van der Waals surface area contributed by atoms with E-state index in [9.17, 15) is 9.59 Å². The first-order valence-electron chi connectivity index (χ1n) is 6.83. The quantitative estimate of drug-likeness (QED) is 0.787. The summed E-state index contributed by atoms with van der Waals surface area (Å²) in [6.45, 7) is 7.23. The van der Waals surface area contributed by atoms with Crippen molar-refractivity contribution in [2.75, 3.05) is 26.8 Å². The molecule has 1 heterocycles. The van der Waals surface area contributed by atoms with Crippen LogP contribution in [-0.4, -0.2) is 49.2 Å². The third-order valence-corrected chi connectivity index (χ3v) is 3.15. The molecule has 1 aliphatic heterocycles. The lowest BCUT2D eigenvalue weighted by molar-refractivity contribution is -0.125. The number of carbonyl (C=O) groups excluding carboxylic acids is 2. The Bertz CT molecular complexity index is 314. The van der Waals surface area contributed by atoms with Gasteiger partial charge >= 0.3 is 6.09 Å². The van der Waals surface area contributed by atoms with Gasteiger partial charge in [0.25, 0.3) is 0 Å². The van der Waals surface area contributed by atoms with Crippen molar-refractivity contribution in [3.63, 3.8) is 0 Å². The van der Waals surface area contributed by atoms with Crippen molar-refractivity contribution in [3.8, 4) is 0 Å². The molecule has 1 amide bonds. The standard InChI is InChI=1S/C14H25NO4/c1-14(2,3)19-13(17)15-8-5-11(6-9-15)12(16)7-10-18-4/h11H,5-10H2,1-4H3. The minimum atomic E-state index is -0.470. The summed E-state index contributed by atoms with van der Waals surface area (Å²) < 4.78 is 10.2. The summed E-state index contributed by atoms with van der Waals surface area (Å²) in [6.07, 6.45) is 1.63. The van der Waals surface area contributed by atoms with Gasteiger partial charge in [-0.15, -0.1) is 0 Å². The second-order valence-electron chi connectivity index (χ2n) is 5.95. The van der Waals surface area contributed by atoms with E-state index >= 15 is 0 Å². The van der Waals surface area contributed by atoms with Crippen LogP contribution in [0.1, 0.15) is 40.0 Å². The molecular formula is C14H25NO4. The van der Waals surface area contributed by atoms with Crippen molar-refractivity contribution >= 4 is 11.9 Å². The highest BCUT2D eigenvalue weighted by molar-refractivity contribution is 5.81. The van der Waals surface area contributed by atoms with Crippen LogP contribution in [0.5, 0.6) is 0 Å². The minimum absolute atomic E-state index is 0.0637. The molecule has 1 aliphatic rings. The van der Waals surface area contributed by atoms with Gasteiger partial charge in [-0.25, -0.2) is 4.79 Å². The van der Waals surface area contributed by atoms with Crippen molar-refractivity contribution in [2.45, 2.75) is 45.6 Å². The molecule has 1 fully saturated rings. The van der Waals surface area contributed by atoms with E-state index in [4.69, 9.17) is 9.47 Å². The summed E-state index contributed by atoms with van der Waals surface area (Å²) in [5, 5.41) is 0. The molecule has 0 aromatic heterocycles. The second-order valence-corrected chi connectivity index (χ2v) is 5.95. The molecular weight excluding hydrogens is 246 g/mol. The van der Waals surface area contributed by atoms with Gasteiger partial charge in [0.2, 0.25) is 0 Å². The molecule has 0 aromatic carbocycles. The number of hydrogen-bond donors (Lipinski definition) is 0. The fourth-order valence-corrected chi connectivity index (χ4v) is 2.12. The molecule has 0 radical (unpaired) electrons. The molecule has 5 nitrogen and oxygen atoms in total. The van der Waals surface area contributed by atoms with Crippen LogP contribution in [0.15, 0.2) is 0 Å². The molecule has 0 atom stereocenters. The van der Waals surface area contributed by atoms with Gasteiger partial charge < -0.3 is 14.4 Å². The first-order valence-corrected chi connectivity index (χ1v) is 6.83. The Kier molecular flexibility index (Phi) is 5.79. The van der Waals surface area contributed by atoms with E-state index < -0.39 is 5.60 Å². The molecule has 0 saturated carbocycles. The summed E-state index contributed by atoms with van der Waals surface area (Å²) in [4.78, 5) is 25.4. The van der Waals surface area contributed by atoms with E-state index in [0.717, 1.165) is 12.8 Å². The Morgan fingerprint density at radius 2 is 1.79 bits per heavy atom. The van der Waals surface area contributed by atoms with E-state index in [1.54, 1.807) is 12.0 Å². The van der Waals surface area contributed by atoms with E-state index in [1.165, 1.54) is 0 Å². The molecule has 0 bridgehead atoms. The Morgan fingerprint density at radius 1 is 1.21 bits per heavy atom. The zero-order valence-electron chi connectivity index (χ0n) is 12.4. The number of amides is 1. The van der Waals surface area contributed by atoms with Crippen LogP contribution in [0.3, 0.4) is 0 Å². The summed E-state index contributed by atoms with van der Waals surface area (Å²) >= 11 is 0. The monoisotopic (exact) mass is 271 g/mol. The molecule has 0 N–H and O–H groups in total. The van der Waals surface area contributed by atoms with Crippen LogP contribution in [-0.2, 0) is 14.3 Å². The highest BCUT2D eigenvalue weighted by Crippen LogP contribution is 2.21. The zero-order valence-corrected chi connectivity index (χ0v) is 12.4. The van der Waals surface area contributed by atoms with E-state index in [0.29, 0.717) is 26.1 Å². The first kappa shape index (κ1) is 16.0. The maximum atomic E-state index is 11.9. The summed E-state index contributed by atoms with van der Waals surface area (Å²) in [6, 6.07) is 0. The topological polar surface area (TPSA) is 55.8 Å². The third-order valence-electron chi connectivity index (χ3n) is 3.15. The Balaban J connectivity index is 2.36. The number of carbonyl (C=O) groups is 2. The van der Waals surface area contributed by atoms with Gasteiger partial charge in [0.05, 0.1) is 6.61 Å². The lowest BCUT2D eigenvalue weighted by Gasteiger charge is -2.32. The van der Waals surface area contributed by atoms with Gasteiger partial charge in [-0.05, 0) is 33.6 Å². The molecule has 0 aliphatic carbocycles. The van der Waals surface area contributed by atoms with Crippen molar-refractivity contribution < 1.29 is 19.1 Å². The van der Waals surface area contributed by atoms with Crippen LogP contribution in [0.4, 0.5) is 4.79 Å². The fourth-order valence-electron chi connectivity index (χ4n) is 2.12. The van der Waals surface area contributed by atoms with Gasteiger partial charge in [0, 0.05) is 32.5 Å². The average molecular weight is 271 g/mol. The van der Waals surface area contributed by atoms with Gasteiger partial charge in [-0.3, -0.25) is 4.79 Å². The smallest absolute Gasteiger partial charge is 0.410 e. The van der Waals surface area contributed by atoms with Crippen LogP contribution < -0.4 is 0 Å². The van der Waals surface area contributed by atoms with E-state index in [1.807, 2.05) is 20.8 Å². The summed E-state index contributed by atoms with van der Waals surface area (Å²) in [7, 11) is 1.60. The molecule has 1 rings (SSSR count). The van der Waals surface area contributed by atoms with Crippen molar-refractivity contribution in [3.05, 3.63) is 0 Å². The molecule has 19 heavy (non-hydrogen) atoms. The number of Topliss-reactive ketones (excluding diaryl/α,β-unsaturated/α-hetero) is 1. The molecule has 0 spiro atoms. The average Bonchev–Trinajstić information content (AvgIpc) is 2.34. The van der Waals surface area contributed by atoms with Crippen LogP contribution in [0.25, 0.3) is 0 Å². The van der Waals surface area contributed by atoms with Crippen molar-refractivity contribution in [2.24, 2.45) is 5.92 Å². The summed E-state index contributed by atoms with van der Waals surface area (Å²) in [5.41, 5.74) is -0.470. The number of ketones is 1. The largest absolute Gasteiger partial charge is 0.444 e. The zero-order chi connectivity index (χ0) is 14.5. The molecule has 5 heteroatoms. The lowest BCUT2D eigenvalue weighted by atomic mass is 9.91. The molecule has 0 unspecified atom stereocenters. The number of nitrogens with zero attached hydrogens (tertiary/aromatic N) is 1. The highest BCUT2D eigenvalue weighted by Gasteiger charge is 2.29. The minimum Gasteiger partial charge on any atom is -0.444 e. The maximum Gasteiger partial charge on any atom is 0.410 e. The van der Waals surface area contributed by atoms with Gasteiger partial charge in [0.15, 0.2) is 0 Å². The van der Waals surface area contributed by atoms with Crippen LogP contribution in [0, 0.1) is 5.92 Å². The molecule has 110 valence electrons. The van der Waals surface area contributed by atoms with Crippen LogP contribution >= 0.6 is 0 Å². The van der Waals surface area contributed by atoms with E-state index in [-0.39, 0.29) is 17.8 Å².